The van der Waals surface area contributed by atoms with Crippen molar-refractivity contribution in [3.8, 4) is 0 Å². The largest absolute Gasteiger partial charge is 0.361 e. The van der Waals surface area contributed by atoms with Crippen LogP contribution in [0.2, 0.25) is 0 Å². The van der Waals surface area contributed by atoms with E-state index in [0.717, 1.165) is 13.1 Å². The van der Waals surface area contributed by atoms with E-state index in [0.29, 0.717) is 0 Å². The fourth-order valence-electron chi connectivity index (χ4n) is 2.88. The number of aromatic nitrogens is 2. The Morgan fingerprint density at radius 2 is 1.50 bits per heavy atom. The Labute approximate surface area is 119 Å². The van der Waals surface area contributed by atoms with E-state index in [-0.39, 0.29) is 0 Å². The van der Waals surface area contributed by atoms with Crippen molar-refractivity contribution >= 4 is 21.8 Å². The van der Waals surface area contributed by atoms with E-state index in [1.807, 2.05) is 0 Å². The SMILES string of the molecule is CN(C)Cc1c[nH]c2c1ccc1[nH]cc(CN(C)C)c12. The molecule has 2 heterocycles. The van der Waals surface area contributed by atoms with Crippen molar-refractivity contribution in [3.63, 3.8) is 0 Å². The number of fused-ring (bicyclic) bond motifs is 3. The van der Waals surface area contributed by atoms with E-state index in [1.165, 1.54) is 32.9 Å². The van der Waals surface area contributed by atoms with E-state index >= 15 is 0 Å². The Bertz CT molecular complexity index is 733. The Morgan fingerprint density at radius 1 is 0.850 bits per heavy atom. The first-order valence-electron chi connectivity index (χ1n) is 6.94. The highest BCUT2D eigenvalue weighted by Crippen LogP contribution is 2.30. The first-order valence-corrected chi connectivity index (χ1v) is 6.94. The molecule has 2 N–H and O–H groups in total. The summed E-state index contributed by atoms with van der Waals surface area (Å²) >= 11 is 0. The molecule has 0 aliphatic heterocycles. The molecule has 4 heteroatoms. The van der Waals surface area contributed by atoms with Crippen LogP contribution in [-0.2, 0) is 13.1 Å². The smallest absolute Gasteiger partial charge is 0.0555 e. The molecule has 0 atom stereocenters. The van der Waals surface area contributed by atoms with Crippen molar-refractivity contribution in [1.29, 1.82) is 0 Å². The minimum absolute atomic E-state index is 0.946. The third kappa shape index (κ3) is 2.21. The molecule has 0 amide bonds. The molecule has 0 aliphatic carbocycles. The first-order chi connectivity index (χ1) is 9.56. The lowest BCUT2D eigenvalue weighted by Gasteiger charge is -2.09. The number of H-pyrrole nitrogens is 2. The second-order valence-corrected chi connectivity index (χ2v) is 6.01. The summed E-state index contributed by atoms with van der Waals surface area (Å²) < 4.78 is 0. The molecule has 0 fully saturated rings. The molecule has 0 unspecified atom stereocenters. The molecule has 1 aromatic carbocycles. The summed E-state index contributed by atoms with van der Waals surface area (Å²) in [7, 11) is 8.41. The van der Waals surface area contributed by atoms with Gasteiger partial charge in [0.05, 0.1) is 5.52 Å². The summed E-state index contributed by atoms with van der Waals surface area (Å²) in [6.07, 6.45) is 4.26. The number of aromatic amines is 2. The van der Waals surface area contributed by atoms with Crippen LogP contribution in [0.3, 0.4) is 0 Å². The Kier molecular flexibility index (Phi) is 3.28. The summed E-state index contributed by atoms with van der Waals surface area (Å²) in [6.45, 7) is 1.90. The summed E-state index contributed by atoms with van der Waals surface area (Å²) in [5, 5.41) is 2.65. The number of nitrogens with one attached hydrogen (secondary N) is 2. The van der Waals surface area contributed by atoms with Crippen molar-refractivity contribution in [2.24, 2.45) is 0 Å². The van der Waals surface area contributed by atoms with Gasteiger partial charge in [-0.25, -0.2) is 0 Å². The van der Waals surface area contributed by atoms with E-state index in [1.54, 1.807) is 0 Å². The van der Waals surface area contributed by atoms with E-state index in [4.69, 9.17) is 0 Å². The highest BCUT2D eigenvalue weighted by Gasteiger charge is 2.12. The fourth-order valence-corrected chi connectivity index (χ4v) is 2.88. The zero-order valence-corrected chi connectivity index (χ0v) is 12.6. The highest BCUT2D eigenvalue weighted by atomic mass is 15.1. The molecular weight excluding hydrogens is 248 g/mol. The zero-order chi connectivity index (χ0) is 14.3. The molecule has 106 valence electrons. The van der Waals surface area contributed by atoms with Crippen LogP contribution in [0.4, 0.5) is 0 Å². The van der Waals surface area contributed by atoms with Crippen molar-refractivity contribution < 1.29 is 0 Å². The van der Waals surface area contributed by atoms with Gasteiger partial charge >= 0.3 is 0 Å². The number of rotatable bonds is 4. The van der Waals surface area contributed by atoms with Crippen LogP contribution in [0.5, 0.6) is 0 Å². The second kappa shape index (κ2) is 4.96. The quantitative estimate of drug-likeness (QED) is 0.765. The van der Waals surface area contributed by atoms with Crippen LogP contribution < -0.4 is 0 Å². The molecule has 3 rings (SSSR count). The van der Waals surface area contributed by atoms with Gasteiger partial charge in [-0.3, -0.25) is 0 Å². The zero-order valence-electron chi connectivity index (χ0n) is 12.6. The molecule has 0 saturated carbocycles. The van der Waals surface area contributed by atoms with E-state index in [2.05, 4.69) is 72.5 Å². The minimum atomic E-state index is 0.946. The lowest BCUT2D eigenvalue weighted by atomic mass is 10.1. The van der Waals surface area contributed by atoms with Gasteiger partial charge in [-0.1, -0.05) is 6.07 Å². The van der Waals surface area contributed by atoms with Crippen molar-refractivity contribution in [2.75, 3.05) is 28.2 Å². The van der Waals surface area contributed by atoms with Crippen LogP contribution in [0, 0.1) is 0 Å². The van der Waals surface area contributed by atoms with Crippen molar-refractivity contribution in [1.82, 2.24) is 19.8 Å². The van der Waals surface area contributed by atoms with Crippen LogP contribution in [0.25, 0.3) is 21.8 Å². The minimum Gasteiger partial charge on any atom is -0.361 e. The molecule has 2 aromatic heterocycles. The Hall–Kier alpha value is -1.78. The summed E-state index contributed by atoms with van der Waals surface area (Å²) in [5.74, 6) is 0. The normalized spacial score (nSPS) is 12.3. The predicted octanol–water partition coefficient (Wildman–Crippen LogP) is 2.77. The van der Waals surface area contributed by atoms with Crippen LogP contribution >= 0.6 is 0 Å². The number of benzene rings is 1. The lowest BCUT2D eigenvalue weighted by Crippen LogP contribution is -2.10. The van der Waals surface area contributed by atoms with Crippen LogP contribution in [-0.4, -0.2) is 48.0 Å². The Morgan fingerprint density at radius 3 is 2.20 bits per heavy atom. The summed E-state index contributed by atoms with van der Waals surface area (Å²) in [5.41, 5.74) is 5.14. The van der Waals surface area contributed by atoms with Gasteiger partial charge in [0, 0.05) is 41.8 Å². The second-order valence-electron chi connectivity index (χ2n) is 6.01. The monoisotopic (exact) mass is 270 g/mol. The molecule has 0 radical (unpaired) electrons. The van der Waals surface area contributed by atoms with Gasteiger partial charge in [0.25, 0.3) is 0 Å². The first kappa shape index (κ1) is 13.2. The summed E-state index contributed by atoms with van der Waals surface area (Å²) in [4.78, 5) is 11.2. The molecule has 0 bridgehead atoms. The molecule has 0 aliphatic rings. The number of hydrogen-bond acceptors (Lipinski definition) is 2. The highest BCUT2D eigenvalue weighted by molar-refractivity contribution is 6.07. The fraction of sp³-hybridized carbons (Fsp3) is 0.375. The van der Waals surface area contributed by atoms with Gasteiger partial charge in [-0.05, 0) is 45.4 Å². The third-order valence-electron chi connectivity index (χ3n) is 3.64. The van der Waals surface area contributed by atoms with Gasteiger partial charge in [0.2, 0.25) is 0 Å². The molecule has 3 aromatic rings. The van der Waals surface area contributed by atoms with Gasteiger partial charge in [-0.15, -0.1) is 0 Å². The number of nitrogens with zero attached hydrogens (tertiary/aromatic N) is 2. The summed E-state index contributed by atoms with van der Waals surface area (Å²) in [6, 6.07) is 4.40. The average Bonchev–Trinajstić information content (AvgIpc) is 2.93. The van der Waals surface area contributed by atoms with E-state index < -0.39 is 0 Å². The Balaban J connectivity index is 2.19. The van der Waals surface area contributed by atoms with Gasteiger partial charge in [0.15, 0.2) is 0 Å². The third-order valence-corrected chi connectivity index (χ3v) is 3.64. The van der Waals surface area contributed by atoms with Crippen molar-refractivity contribution in [2.45, 2.75) is 13.1 Å². The van der Waals surface area contributed by atoms with E-state index in [9.17, 15) is 0 Å². The predicted molar refractivity (Wildman–Crippen MR) is 84.9 cm³/mol. The van der Waals surface area contributed by atoms with Gasteiger partial charge in [-0.2, -0.15) is 0 Å². The van der Waals surface area contributed by atoms with Crippen LogP contribution in [0.1, 0.15) is 11.1 Å². The molecule has 0 spiro atoms. The molecule has 0 saturated heterocycles. The molecular formula is C16H22N4. The van der Waals surface area contributed by atoms with Gasteiger partial charge in [0.1, 0.15) is 0 Å². The average molecular weight is 270 g/mol. The molecule has 4 nitrogen and oxygen atoms in total. The maximum Gasteiger partial charge on any atom is 0.0555 e. The van der Waals surface area contributed by atoms with Gasteiger partial charge < -0.3 is 19.8 Å². The van der Waals surface area contributed by atoms with Crippen LogP contribution in [0.15, 0.2) is 24.5 Å². The lowest BCUT2D eigenvalue weighted by molar-refractivity contribution is 0.404. The van der Waals surface area contributed by atoms with Crippen molar-refractivity contribution in [3.05, 3.63) is 35.7 Å². The standard InChI is InChI=1S/C16H22N4/c1-19(2)9-11-7-18-16-13(11)5-6-14-15(16)12(8-17-14)10-20(3)4/h5-8,17-18H,9-10H2,1-4H3. The molecule has 20 heavy (non-hydrogen) atoms. The topological polar surface area (TPSA) is 38.1 Å². The maximum atomic E-state index is 3.47. The number of hydrogen-bond donors (Lipinski definition) is 2. The maximum absolute atomic E-state index is 3.47.